The van der Waals surface area contributed by atoms with Crippen LogP contribution in [0, 0.1) is 0 Å². The number of carbonyl (C=O) groups excluding carboxylic acids is 1. The Balaban J connectivity index is 4.04. The van der Waals surface area contributed by atoms with Crippen molar-refractivity contribution in [2.45, 2.75) is 0 Å². The monoisotopic (exact) mass is 176 g/mol. The van der Waals surface area contributed by atoms with Gasteiger partial charge in [-0.2, -0.15) is 0 Å². The lowest BCUT2D eigenvalue weighted by Gasteiger charge is -1.89. The first-order valence-electron chi connectivity index (χ1n) is 1.86. The van der Waals surface area contributed by atoms with Crippen LogP contribution in [0.2, 0.25) is 0 Å². The van der Waals surface area contributed by atoms with Gasteiger partial charge >= 0.3 is 5.97 Å². The molecular weight excluding hydrogens is 172 g/mol. The molecule has 0 radical (unpaired) electrons. The standard InChI is InChI=1S/C5H5BrO2/c1-3-4(6)5(7)8-2/h1H2,2H3. The van der Waals surface area contributed by atoms with Crippen LogP contribution in [0.3, 0.4) is 0 Å². The van der Waals surface area contributed by atoms with E-state index in [1.54, 1.807) is 0 Å². The van der Waals surface area contributed by atoms with Crippen LogP contribution < -0.4 is 0 Å². The molecule has 3 heteroatoms. The number of carbonyl (C=O) groups is 1. The van der Waals surface area contributed by atoms with E-state index >= 15 is 0 Å². The minimum Gasteiger partial charge on any atom is -0.465 e. The van der Waals surface area contributed by atoms with Gasteiger partial charge in [-0.05, 0) is 15.9 Å². The van der Waals surface area contributed by atoms with Crippen molar-refractivity contribution >= 4 is 21.9 Å². The molecule has 0 aliphatic rings. The van der Waals surface area contributed by atoms with Gasteiger partial charge in [-0.25, -0.2) is 4.79 Å². The molecule has 0 aliphatic carbocycles. The maximum absolute atomic E-state index is 10.3. The minimum atomic E-state index is -0.458. The maximum atomic E-state index is 10.3. The lowest BCUT2D eigenvalue weighted by molar-refractivity contribution is -0.135. The fraction of sp³-hybridized carbons (Fsp3) is 0.200. The third kappa shape index (κ3) is 1.96. The summed E-state index contributed by atoms with van der Waals surface area (Å²) in [5, 5.41) is 0. The molecule has 44 valence electrons. The van der Waals surface area contributed by atoms with Crippen molar-refractivity contribution in [2.24, 2.45) is 0 Å². The number of hydrogen-bond acceptors (Lipinski definition) is 2. The molecule has 0 unspecified atom stereocenters. The summed E-state index contributed by atoms with van der Waals surface area (Å²) < 4.78 is 4.50. The molecule has 0 aromatic rings. The summed E-state index contributed by atoms with van der Waals surface area (Å²) in [4.78, 5) is 10.3. The van der Waals surface area contributed by atoms with Gasteiger partial charge in [0.2, 0.25) is 0 Å². The van der Waals surface area contributed by atoms with Crippen LogP contribution in [-0.2, 0) is 9.53 Å². The summed E-state index contributed by atoms with van der Waals surface area (Å²) in [6.07, 6.45) is 0. The Kier molecular flexibility index (Phi) is 3.24. The lowest BCUT2D eigenvalue weighted by atomic mass is 10.6. The summed E-state index contributed by atoms with van der Waals surface area (Å²) in [7, 11) is 1.29. The molecule has 2 nitrogen and oxygen atoms in total. The number of ether oxygens (including phenoxy) is 1. The first kappa shape index (κ1) is 7.47. The van der Waals surface area contributed by atoms with E-state index in [-0.39, 0.29) is 4.48 Å². The molecule has 0 bridgehead atoms. The second-order valence-electron chi connectivity index (χ2n) is 0.982. The molecule has 0 heterocycles. The normalized spacial score (nSPS) is 7.25. The van der Waals surface area contributed by atoms with Gasteiger partial charge in [0.1, 0.15) is 4.48 Å². The Labute approximate surface area is 56.0 Å². The molecule has 8 heavy (non-hydrogen) atoms. The van der Waals surface area contributed by atoms with Crippen molar-refractivity contribution in [2.75, 3.05) is 7.11 Å². The zero-order chi connectivity index (χ0) is 6.57. The predicted octanol–water partition coefficient (Wildman–Crippen LogP) is 1.22. The molecule has 0 spiro atoms. The molecule has 0 amide bonds. The van der Waals surface area contributed by atoms with Gasteiger partial charge in [-0.15, -0.1) is 5.73 Å². The van der Waals surface area contributed by atoms with Crippen LogP contribution in [0.5, 0.6) is 0 Å². The molecule has 0 N–H and O–H groups in total. The summed E-state index contributed by atoms with van der Waals surface area (Å²) in [6, 6.07) is 0. The molecule has 0 rings (SSSR count). The van der Waals surface area contributed by atoms with Gasteiger partial charge in [0.25, 0.3) is 0 Å². The first-order valence-corrected chi connectivity index (χ1v) is 2.65. The van der Waals surface area contributed by atoms with Gasteiger partial charge in [0, 0.05) is 0 Å². The average molecular weight is 177 g/mol. The van der Waals surface area contributed by atoms with E-state index in [9.17, 15) is 4.79 Å². The highest BCUT2D eigenvalue weighted by molar-refractivity contribution is 9.12. The summed E-state index contributed by atoms with van der Waals surface area (Å²) in [5.41, 5.74) is 2.32. The fourth-order valence-electron chi connectivity index (χ4n) is 0.162. The minimum absolute atomic E-state index is 0.222. The van der Waals surface area contributed by atoms with Crippen molar-refractivity contribution in [1.29, 1.82) is 0 Å². The largest absolute Gasteiger partial charge is 0.465 e. The van der Waals surface area contributed by atoms with Crippen molar-refractivity contribution in [3.05, 3.63) is 16.8 Å². The van der Waals surface area contributed by atoms with E-state index in [0.717, 1.165) is 0 Å². The highest BCUT2D eigenvalue weighted by Crippen LogP contribution is 2.02. The lowest BCUT2D eigenvalue weighted by Crippen LogP contribution is -1.97. The van der Waals surface area contributed by atoms with Crippen LogP contribution in [0.25, 0.3) is 0 Å². The average Bonchev–Trinajstić information content (AvgIpc) is 1.84. The van der Waals surface area contributed by atoms with Crippen molar-refractivity contribution in [3.8, 4) is 0 Å². The number of rotatable bonds is 1. The molecule has 0 saturated heterocycles. The molecular formula is C5H5BrO2. The van der Waals surface area contributed by atoms with E-state index in [1.165, 1.54) is 7.11 Å². The van der Waals surface area contributed by atoms with Crippen molar-refractivity contribution < 1.29 is 9.53 Å². The fourth-order valence-corrected chi connectivity index (χ4v) is 0.324. The molecule has 0 aromatic carbocycles. The summed E-state index contributed by atoms with van der Waals surface area (Å²) in [6.45, 7) is 3.22. The van der Waals surface area contributed by atoms with Gasteiger partial charge < -0.3 is 4.74 Å². The van der Waals surface area contributed by atoms with E-state index in [0.29, 0.717) is 0 Å². The molecule has 0 aromatic heterocycles. The Bertz CT molecular complexity index is 145. The van der Waals surface area contributed by atoms with Crippen molar-refractivity contribution in [3.63, 3.8) is 0 Å². The Hall–Kier alpha value is -0.530. The SMILES string of the molecule is C=C=C(Br)C(=O)OC. The van der Waals surface area contributed by atoms with Gasteiger partial charge in [0.15, 0.2) is 0 Å². The van der Waals surface area contributed by atoms with Crippen LogP contribution in [-0.4, -0.2) is 13.1 Å². The molecule has 0 fully saturated rings. The summed E-state index contributed by atoms with van der Waals surface area (Å²) >= 11 is 2.87. The third-order valence-corrected chi connectivity index (χ3v) is 1.12. The predicted molar refractivity (Wildman–Crippen MR) is 33.6 cm³/mol. The zero-order valence-corrected chi connectivity index (χ0v) is 5.99. The van der Waals surface area contributed by atoms with Crippen LogP contribution in [0.4, 0.5) is 0 Å². The van der Waals surface area contributed by atoms with Crippen LogP contribution >= 0.6 is 15.9 Å². The quantitative estimate of drug-likeness (QED) is 0.342. The van der Waals surface area contributed by atoms with Crippen molar-refractivity contribution in [1.82, 2.24) is 0 Å². The van der Waals surface area contributed by atoms with Gasteiger partial charge in [-0.3, -0.25) is 0 Å². The van der Waals surface area contributed by atoms with Crippen LogP contribution in [0.1, 0.15) is 0 Å². The molecule has 0 saturated carbocycles. The third-order valence-electron chi connectivity index (χ3n) is 0.520. The number of hydrogen-bond donors (Lipinski definition) is 0. The summed E-state index contributed by atoms with van der Waals surface area (Å²) in [5.74, 6) is -0.458. The zero-order valence-electron chi connectivity index (χ0n) is 4.40. The second kappa shape index (κ2) is 3.47. The smallest absolute Gasteiger partial charge is 0.352 e. The van der Waals surface area contributed by atoms with E-state index in [4.69, 9.17) is 0 Å². The first-order chi connectivity index (χ1) is 3.72. The maximum Gasteiger partial charge on any atom is 0.352 e. The number of esters is 1. The second-order valence-corrected chi connectivity index (χ2v) is 1.78. The van der Waals surface area contributed by atoms with Crippen LogP contribution in [0.15, 0.2) is 16.8 Å². The van der Waals surface area contributed by atoms with E-state index in [2.05, 4.69) is 33.0 Å². The van der Waals surface area contributed by atoms with Gasteiger partial charge in [0.05, 0.1) is 7.11 Å². The topological polar surface area (TPSA) is 26.3 Å². The Morgan fingerprint density at radius 3 is 2.50 bits per heavy atom. The molecule has 0 aliphatic heterocycles. The number of methoxy groups -OCH3 is 1. The van der Waals surface area contributed by atoms with E-state index in [1.807, 2.05) is 0 Å². The highest BCUT2D eigenvalue weighted by Gasteiger charge is 2.00. The Morgan fingerprint density at radius 2 is 2.38 bits per heavy atom. The van der Waals surface area contributed by atoms with E-state index < -0.39 is 5.97 Å². The highest BCUT2D eigenvalue weighted by atomic mass is 79.9. The molecule has 0 atom stereocenters. The Morgan fingerprint density at radius 1 is 1.88 bits per heavy atom. The van der Waals surface area contributed by atoms with Gasteiger partial charge in [-0.1, -0.05) is 6.58 Å². The number of halogens is 1.